The van der Waals surface area contributed by atoms with Gasteiger partial charge in [-0.05, 0) is 56.4 Å². The van der Waals surface area contributed by atoms with Crippen molar-refractivity contribution in [3.63, 3.8) is 0 Å². The van der Waals surface area contributed by atoms with E-state index in [2.05, 4.69) is 16.7 Å². The maximum atomic E-state index is 11.8. The zero-order chi connectivity index (χ0) is 18.6. The first-order chi connectivity index (χ1) is 12.7. The minimum atomic E-state index is -0.294. The van der Waals surface area contributed by atoms with Gasteiger partial charge in [0.25, 0.3) is 0 Å². The average Bonchev–Trinajstić information content (AvgIpc) is 2.66. The molecule has 1 aliphatic rings. The van der Waals surface area contributed by atoms with Gasteiger partial charge in [-0.15, -0.1) is 0 Å². The molecule has 2 rings (SSSR count). The zero-order valence-electron chi connectivity index (χ0n) is 15.4. The van der Waals surface area contributed by atoms with Gasteiger partial charge in [0.2, 0.25) is 11.8 Å². The summed E-state index contributed by atoms with van der Waals surface area (Å²) >= 11 is 0. The lowest BCUT2D eigenvalue weighted by atomic mass is 9.97. The predicted molar refractivity (Wildman–Crippen MR) is 100 cm³/mol. The molecule has 0 radical (unpaired) electrons. The maximum Gasteiger partial charge on any atom is 0.229 e. The minimum absolute atomic E-state index is 0.151. The van der Waals surface area contributed by atoms with Gasteiger partial charge in [-0.25, -0.2) is 0 Å². The second-order valence-electron chi connectivity index (χ2n) is 6.26. The molecule has 142 valence electrons. The molecule has 0 aliphatic heterocycles. The Labute approximate surface area is 154 Å². The van der Waals surface area contributed by atoms with Crippen LogP contribution in [-0.4, -0.2) is 38.6 Å². The van der Waals surface area contributed by atoms with Crippen molar-refractivity contribution in [2.75, 3.05) is 26.8 Å². The van der Waals surface area contributed by atoms with E-state index in [-0.39, 0.29) is 18.2 Å². The van der Waals surface area contributed by atoms with E-state index < -0.39 is 0 Å². The molecule has 1 aliphatic carbocycles. The predicted octanol–water partition coefficient (Wildman–Crippen LogP) is 2.59. The van der Waals surface area contributed by atoms with Crippen molar-refractivity contribution in [1.29, 1.82) is 0 Å². The smallest absolute Gasteiger partial charge is 0.229 e. The fourth-order valence-corrected chi connectivity index (χ4v) is 2.80. The Morgan fingerprint density at radius 3 is 2.35 bits per heavy atom. The molecule has 1 aromatic rings. The molecule has 6 nitrogen and oxygen atoms in total. The third-order valence-corrected chi connectivity index (χ3v) is 4.23. The van der Waals surface area contributed by atoms with Gasteiger partial charge < -0.3 is 20.1 Å². The first-order valence-corrected chi connectivity index (χ1v) is 9.15. The number of allylic oxidation sites excluding steroid dienone is 1. The Kier molecular flexibility index (Phi) is 8.52. The van der Waals surface area contributed by atoms with E-state index in [0.717, 1.165) is 25.0 Å². The molecule has 0 aromatic heterocycles. The summed E-state index contributed by atoms with van der Waals surface area (Å²) in [6.45, 7) is 1.29. The van der Waals surface area contributed by atoms with Gasteiger partial charge in [0, 0.05) is 6.54 Å². The molecule has 0 heterocycles. The zero-order valence-corrected chi connectivity index (χ0v) is 15.4. The number of methoxy groups -OCH3 is 1. The Bertz CT molecular complexity index is 611. The highest BCUT2D eigenvalue weighted by Crippen LogP contribution is 2.19. The molecule has 0 bridgehead atoms. The van der Waals surface area contributed by atoms with E-state index in [4.69, 9.17) is 9.47 Å². The molecule has 0 atom stereocenters. The Morgan fingerprint density at radius 1 is 1.00 bits per heavy atom. The van der Waals surface area contributed by atoms with E-state index in [1.54, 1.807) is 19.2 Å². The number of amides is 2. The summed E-state index contributed by atoms with van der Waals surface area (Å²) in [4.78, 5) is 23.5. The summed E-state index contributed by atoms with van der Waals surface area (Å²) in [7, 11) is 1.61. The standard InChI is InChI=1S/C20H28N2O4/c1-25-17-7-9-18(10-8-17)26-14-13-22-20(24)15-19(23)21-12-11-16-5-3-2-4-6-16/h5,7-10H,2-4,6,11-15H2,1H3,(H,21,23)(H,22,24). The van der Waals surface area contributed by atoms with Crippen molar-refractivity contribution < 1.29 is 19.1 Å². The number of hydrogen-bond donors (Lipinski definition) is 2. The van der Waals surface area contributed by atoms with Gasteiger partial charge in [-0.3, -0.25) is 9.59 Å². The molecule has 0 spiro atoms. The van der Waals surface area contributed by atoms with Crippen molar-refractivity contribution in [2.45, 2.75) is 38.5 Å². The third-order valence-electron chi connectivity index (χ3n) is 4.23. The molecule has 0 unspecified atom stereocenters. The van der Waals surface area contributed by atoms with Crippen molar-refractivity contribution in [3.05, 3.63) is 35.9 Å². The lowest BCUT2D eigenvalue weighted by molar-refractivity contribution is -0.129. The summed E-state index contributed by atoms with van der Waals surface area (Å²) in [6.07, 6.45) is 7.77. The lowest BCUT2D eigenvalue weighted by Gasteiger charge is -2.13. The van der Waals surface area contributed by atoms with Crippen LogP contribution in [0.1, 0.15) is 38.5 Å². The molecule has 0 saturated heterocycles. The number of nitrogens with one attached hydrogen (secondary N) is 2. The van der Waals surface area contributed by atoms with Crippen LogP contribution in [-0.2, 0) is 9.59 Å². The van der Waals surface area contributed by atoms with Crippen LogP contribution >= 0.6 is 0 Å². The quantitative estimate of drug-likeness (QED) is 0.382. The number of hydrogen-bond acceptors (Lipinski definition) is 4. The fraction of sp³-hybridized carbons (Fsp3) is 0.500. The van der Waals surface area contributed by atoms with Crippen LogP contribution < -0.4 is 20.1 Å². The summed E-state index contributed by atoms with van der Waals surface area (Å²) in [5.41, 5.74) is 1.41. The maximum absolute atomic E-state index is 11.8. The average molecular weight is 360 g/mol. The number of carbonyl (C=O) groups is 2. The van der Waals surface area contributed by atoms with E-state index in [9.17, 15) is 9.59 Å². The SMILES string of the molecule is COc1ccc(OCCNC(=O)CC(=O)NCCC2=CCCCC2)cc1. The highest BCUT2D eigenvalue weighted by molar-refractivity contribution is 5.96. The second kappa shape index (κ2) is 11.2. The molecule has 26 heavy (non-hydrogen) atoms. The molecular weight excluding hydrogens is 332 g/mol. The van der Waals surface area contributed by atoms with Crippen molar-refractivity contribution in [2.24, 2.45) is 0 Å². The lowest BCUT2D eigenvalue weighted by Crippen LogP contribution is -2.34. The molecular formula is C20H28N2O4. The largest absolute Gasteiger partial charge is 0.497 e. The van der Waals surface area contributed by atoms with Gasteiger partial charge in [0.05, 0.1) is 13.7 Å². The van der Waals surface area contributed by atoms with Crippen LogP contribution in [0, 0.1) is 0 Å². The Morgan fingerprint density at radius 2 is 1.69 bits per heavy atom. The summed E-state index contributed by atoms with van der Waals surface area (Å²) in [5, 5.41) is 5.49. The van der Waals surface area contributed by atoms with E-state index in [1.807, 2.05) is 12.1 Å². The summed E-state index contributed by atoms with van der Waals surface area (Å²) in [6, 6.07) is 7.22. The van der Waals surface area contributed by atoms with E-state index in [0.29, 0.717) is 25.4 Å². The first kappa shape index (κ1) is 19.8. The Hall–Kier alpha value is -2.50. The summed E-state index contributed by atoms with van der Waals surface area (Å²) < 4.78 is 10.6. The van der Waals surface area contributed by atoms with Gasteiger partial charge in [-0.1, -0.05) is 11.6 Å². The molecule has 1 aromatic carbocycles. The second-order valence-corrected chi connectivity index (χ2v) is 6.26. The summed E-state index contributed by atoms with van der Waals surface area (Å²) in [5.74, 6) is 0.930. The van der Waals surface area contributed by atoms with Crippen LogP contribution in [0.3, 0.4) is 0 Å². The van der Waals surface area contributed by atoms with Crippen LogP contribution in [0.5, 0.6) is 11.5 Å². The van der Waals surface area contributed by atoms with Gasteiger partial charge in [-0.2, -0.15) is 0 Å². The molecule has 2 N–H and O–H groups in total. The van der Waals surface area contributed by atoms with E-state index in [1.165, 1.54) is 18.4 Å². The third kappa shape index (κ3) is 7.59. The highest BCUT2D eigenvalue weighted by atomic mass is 16.5. The van der Waals surface area contributed by atoms with Crippen molar-refractivity contribution >= 4 is 11.8 Å². The van der Waals surface area contributed by atoms with Gasteiger partial charge >= 0.3 is 0 Å². The van der Waals surface area contributed by atoms with E-state index >= 15 is 0 Å². The van der Waals surface area contributed by atoms with Crippen molar-refractivity contribution in [1.82, 2.24) is 10.6 Å². The molecule has 0 fully saturated rings. The highest BCUT2D eigenvalue weighted by Gasteiger charge is 2.09. The monoisotopic (exact) mass is 360 g/mol. The van der Waals surface area contributed by atoms with Crippen LogP contribution in [0.2, 0.25) is 0 Å². The van der Waals surface area contributed by atoms with Crippen molar-refractivity contribution in [3.8, 4) is 11.5 Å². The molecule has 0 saturated carbocycles. The van der Waals surface area contributed by atoms with Gasteiger partial charge in [0.1, 0.15) is 24.5 Å². The minimum Gasteiger partial charge on any atom is -0.497 e. The number of carbonyl (C=O) groups excluding carboxylic acids is 2. The number of rotatable bonds is 10. The van der Waals surface area contributed by atoms with Crippen LogP contribution in [0.15, 0.2) is 35.9 Å². The topological polar surface area (TPSA) is 76.7 Å². The molecule has 2 amide bonds. The van der Waals surface area contributed by atoms with Crippen LogP contribution in [0.25, 0.3) is 0 Å². The van der Waals surface area contributed by atoms with Crippen LogP contribution in [0.4, 0.5) is 0 Å². The first-order valence-electron chi connectivity index (χ1n) is 9.15. The normalized spacial score (nSPS) is 13.5. The van der Waals surface area contributed by atoms with Gasteiger partial charge in [0.15, 0.2) is 0 Å². The number of benzene rings is 1. The fourth-order valence-electron chi connectivity index (χ4n) is 2.80. The Balaban J connectivity index is 1.53. The molecule has 6 heteroatoms. The number of ether oxygens (including phenoxy) is 2.